The van der Waals surface area contributed by atoms with Crippen molar-refractivity contribution in [2.75, 3.05) is 26.2 Å². The lowest BCUT2D eigenvalue weighted by molar-refractivity contribution is -0.149. The number of hydrogen-bond donors (Lipinski definition) is 1. The van der Waals surface area contributed by atoms with Gasteiger partial charge in [0, 0.05) is 19.1 Å². The molecule has 1 fully saturated rings. The van der Waals surface area contributed by atoms with Crippen molar-refractivity contribution in [1.29, 1.82) is 0 Å². The van der Waals surface area contributed by atoms with Crippen LogP contribution in [0.3, 0.4) is 0 Å². The molecule has 0 aromatic rings. The van der Waals surface area contributed by atoms with Crippen molar-refractivity contribution in [1.82, 2.24) is 9.80 Å². The maximum Gasteiger partial charge on any atom is 0.242 e. The lowest BCUT2D eigenvalue weighted by atomic mass is 10.1. The van der Waals surface area contributed by atoms with Gasteiger partial charge in [0.2, 0.25) is 11.8 Å². The molecule has 1 unspecified atom stereocenters. The van der Waals surface area contributed by atoms with Gasteiger partial charge in [-0.1, -0.05) is 6.42 Å². The van der Waals surface area contributed by atoms with Gasteiger partial charge >= 0.3 is 0 Å². The first kappa shape index (κ1) is 14.0. The van der Waals surface area contributed by atoms with Gasteiger partial charge in [0.25, 0.3) is 0 Å². The van der Waals surface area contributed by atoms with E-state index in [2.05, 4.69) is 0 Å². The van der Waals surface area contributed by atoms with Gasteiger partial charge < -0.3 is 15.5 Å². The molecular weight excluding hydrogens is 218 g/mol. The molecule has 0 spiro atoms. The Hall–Kier alpha value is -1.10. The van der Waals surface area contributed by atoms with Crippen molar-refractivity contribution < 1.29 is 9.59 Å². The van der Waals surface area contributed by atoms with Crippen LogP contribution in [0.1, 0.15) is 33.1 Å². The van der Waals surface area contributed by atoms with E-state index >= 15 is 0 Å². The Labute approximate surface area is 103 Å². The molecule has 1 aliphatic rings. The van der Waals surface area contributed by atoms with Crippen LogP contribution in [-0.4, -0.2) is 53.8 Å². The average molecular weight is 241 g/mol. The van der Waals surface area contributed by atoms with Gasteiger partial charge in [-0.25, -0.2) is 0 Å². The Morgan fingerprint density at radius 1 is 1.18 bits per heavy atom. The highest BCUT2D eigenvalue weighted by Crippen LogP contribution is 2.07. The summed E-state index contributed by atoms with van der Waals surface area (Å²) in [7, 11) is 0. The lowest BCUT2D eigenvalue weighted by Crippen LogP contribution is -2.53. The highest BCUT2D eigenvalue weighted by Gasteiger charge is 2.28. The number of carbonyl (C=O) groups is 2. The molecule has 0 saturated carbocycles. The highest BCUT2D eigenvalue weighted by molar-refractivity contribution is 5.92. The number of nitrogens with zero attached hydrogens (tertiary/aromatic N) is 2. The lowest BCUT2D eigenvalue weighted by Gasteiger charge is -2.33. The fraction of sp³-hybridized carbons (Fsp3) is 0.833. The van der Waals surface area contributed by atoms with E-state index in [0.29, 0.717) is 13.1 Å². The molecule has 0 aromatic carbocycles. The first-order valence-corrected chi connectivity index (χ1v) is 6.35. The SMILES string of the molecule is CCN1CC(=O)N(CCCCC(C)N)CC1=O. The topological polar surface area (TPSA) is 66.6 Å². The fourth-order valence-electron chi connectivity index (χ4n) is 1.96. The maximum atomic E-state index is 11.7. The van der Waals surface area contributed by atoms with E-state index in [4.69, 9.17) is 5.73 Å². The zero-order valence-electron chi connectivity index (χ0n) is 10.8. The Kier molecular flexibility index (Phi) is 5.41. The van der Waals surface area contributed by atoms with Crippen LogP contribution in [0.5, 0.6) is 0 Å². The summed E-state index contributed by atoms with van der Waals surface area (Å²) in [5.41, 5.74) is 5.66. The number of piperazine rings is 1. The van der Waals surface area contributed by atoms with Gasteiger partial charge in [-0.15, -0.1) is 0 Å². The van der Waals surface area contributed by atoms with Gasteiger partial charge in [-0.3, -0.25) is 9.59 Å². The maximum absolute atomic E-state index is 11.7. The summed E-state index contributed by atoms with van der Waals surface area (Å²) in [6, 6.07) is 0.212. The molecule has 0 radical (unpaired) electrons. The molecule has 2 N–H and O–H groups in total. The monoisotopic (exact) mass is 241 g/mol. The molecule has 5 heteroatoms. The van der Waals surface area contributed by atoms with Crippen LogP contribution in [0.4, 0.5) is 0 Å². The van der Waals surface area contributed by atoms with E-state index in [1.54, 1.807) is 9.80 Å². The minimum absolute atomic E-state index is 0.0549. The molecule has 0 aromatic heterocycles. The predicted molar refractivity (Wildman–Crippen MR) is 66.3 cm³/mol. The molecular formula is C12H23N3O2. The van der Waals surface area contributed by atoms with Gasteiger partial charge in [-0.2, -0.15) is 0 Å². The van der Waals surface area contributed by atoms with E-state index in [0.717, 1.165) is 19.3 Å². The summed E-state index contributed by atoms with van der Waals surface area (Å²) in [6.45, 7) is 5.64. The highest BCUT2D eigenvalue weighted by atomic mass is 16.2. The smallest absolute Gasteiger partial charge is 0.242 e. The van der Waals surface area contributed by atoms with Gasteiger partial charge in [-0.05, 0) is 26.7 Å². The summed E-state index contributed by atoms with van der Waals surface area (Å²) in [5, 5.41) is 0. The summed E-state index contributed by atoms with van der Waals surface area (Å²) in [6.07, 6.45) is 2.90. The van der Waals surface area contributed by atoms with Crippen molar-refractivity contribution in [2.45, 2.75) is 39.2 Å². The Morgan fingerprint density at radius 3 is 2.35 bits per heavy atom. The van der Waals surface area contributed by atoms with Crippen molar-refractivity contribution in [3.05, 3.63) is 0 Å². The number of likely N-dealkylation sites (N-methyl/N-ethyl adjacent to an activating group) is 1. The molecule has 17 heavy (non-hydrogen) atoms. The normalized spacial score (nSPS) is 18.8. The van der Waals surface area contributed by atoms with Crippen LogP contribution in [0.25, 0.3) is 0 Å². The van der Waals surface area contributed by atoms with Crippen LogP contribution in [0, 0.1) is 0 Å². The number of hydrogen-bond acceptors (Lipinski definition) is 3. The van der Waals surface area contributed by atoms with E-state index < -0.39 is 0 Å². The Balaban J connectivity index is 2.30. The second-order valence-corrected chi connectivity index (χ2v) is 4.70. The third kappa shape index (κ3) is 4.34. The first-order chi connectivity index (χ1) is 8.04. The van der Waals surface area contributed by atoms with Crippen LogP contribution >= 0.6 is 0 Å². The summed E-state index contributed by atoms with van der Waals surface area (Å²) in [5.74, 6) is 0.117. The van der Waals surface area contributed by atoms with Crippen molar-refractivity contribution in [2.24, 2.45) is 5.73 Å². The summed E-state index contributed by atoms with van der Waals surface area (Å²) in [4.78, 5) is 26.6. The summed E-state index contributed by atoms with van der Waals surface area (Å²) < 4.78 is 0. The quantitative estimate of drug-likeness (QED) is 0.675. The molecule has 1 saturated heterocycles. The second-order valence-electron chi connectivity index (χ2n) is 4.70. The number of carbonyl (C=O) groups excluding carboxylic acids is 2. The average Bonchev–Trinajstić information content (AvgIpc) is 2.28. The molecule has 1 atom stereocenters. The molecule has 1 aliphatic heterocycles. The van der Waals surface area contributed by atoms with Crippen LogP contribution in [-0.2, 0) is 9.59 Å². The van der Waals surface area contributed by atoms with Crippen LogP contribution in [0.15, 0.2) is 0 Å². The molecule has 2 amide bonds. The van der Waals surface area contributed by atoms with Crippen molar-refractivity contribution in [3.8, 4) is 0 Å². The van der Waals surface area contributed by atoms with Crippen LogP contribution in [0.2, 0.25) is 0 Å². The molecule has 98 valence electrons. The second kappa shape index (κ2) is 6.59. The standard InChI is InChI=1S/C12H23N3O2/c1-3-14-8-12(17)15(9-11(14)16)7-5-4-6-10(2)13/h10H,3-9,13H2,1-2H3. The van der Waals surface area contributed by atoms with E-state index in [1.165, 1.54) is 0 Å². The Bertz CT molecular complexity index is 279. The zero-order chi connectivity index (χ0) is 12.8. The number of nitrogens with two attached hydrogens (primary N) is 1. The molecule has 1 heterocycles. The fourth-order valence-corrected chi connectivity index (χ4v) is 1.96. The third-order valence-electron chi connectivity index (χ3n) is 3.08. The van der Waals surface area contributed by atoms with Crippen molar-refractivity contribution >= 4 is 11.8 Å². The van der Waals surface area contributed by atoms with Gasteiger partial charge in [0.15, 0.2) is 0 Å². The number of rotatable bonds is 6. The largest absolute Gasteiger partial charge is 0.332 e. The predicted octanol–water partition coefficient (Wildman–Crippen LogP) is 0.195. The first-order valence-electron chi connectivity index (χ1n) is 6.35. The zero-order valence-corrected chi connectivity index (χ0v) is 10.8. The van der Waals surface area contributed by atoms with Crippen molar-refractivity contribution in [3.63, 3.8) is 0 Å². The molecule has 0 aliphatic carbocycles. The number of amides is 2. The molecule has 5 nitrogen and oxygen atoms in total. The molecule has 0 bridgehead atoms. The van der Waals surface area contributed by atoms with E-state index in [9.17, 15) is 9.59 Å². The minimum Gasteiger partial charge on any atom is -0.332 e. The molecule has 1 rings (SSSR count). The van der Waals surface area contributed by atoms with E-state index in [1.807, 2.05) is 13.8 Å². The Morgan fingerprint density at radius 2 is 1.76 bits per heavy atom. The number of unbranched alkanes of at least 4 members (excludes halogenated alkanes) is 1. The summed E-state index contributed by atoms with van der Waals surface area (Å²) >= 11 is 0. The third-order valence-corrected chi connectivity index (χ3v) is 3.08. The van der Waals surface area contributed by atoms with Crippen LogP contribution < -0.4 is 5.73 Å². The van der Waals surface area contributed by atoms with Gasteiger partial charge in [0.1, 0.15) is 0 Å². The van der Waals surface area contributed by atoms with E-state index in [-0.39, 0.29) is 30.9 Å². The van der Waals surface area contributed by atoms with Gasteiger partial charge in [0.05, 0.1) is 13.1 Å². The minimum atomic E-state index is 0.0549.